The van der Waals surface area contributed by atoms with Gasteiger partial charge < -0.3 is 9.84 Å². The van der Waals surface area contributed by atoms with Crippen molar-refractivity contribution in [2.24, 2.45) is 22.7 Å². The number of aryl methyl sites for hydroxylation is 1. The molecule has 24 heavy (non-hydrogen) atoms. The van der Waals surface area contributed by atoms with Crippen LogP contribution in [-0.2, 0) is 0 Å². The molecule has 0 spiro atoms. The molecule has 0 bridgehead atoms. The summed E-state index contributed by atoms with van der Waals surface area (Å²) in [6.07, 6.45) is 7.59. The van der Waals surface area contributed by atoms with E-state index in [2.05, 4.69) is 33.8 Å². The van der Waals surface area contributed by atoms with Gasteiger partial charge in [0.05, 0.1) is 6.61 Å². The number of aromatic hydroxyl groups is 1. The monoisotopic (exact) mass is 328 g/mol. The van der Waals surface area contributed by atoms with Crippen LogP contribution in [0, 0.1) is 29.6 Å². The minimum absolute atomic E-state index is 0.281. The maximum atomic E-state index is 9.80. The molecule has 2 heteroatoms. The quantitative estimate of drug-likeness (QED) is 0.702. The molecule has 1 aromatic rings. The standard InChI is InChI=1S/C22H32O2/c1-15-11-17(23)13-18(12-15)24-14-19-16(2)7-8-20-21(3,4)9-6-10-22(19,20)5/h7,11-13,19-20,23H,6,8-10,14H2,1-5H3/t19-,20-,22+/m0/s1. The highest BCUT2D eigenvalue weighted by Crippen LogP contribution is 2.59. The molecule has 1 fully saturated rings. The van der Waals surface area contributed by atoms with Crippen LogP contribution in [0.5, 0.6) is 11.5 Å². The molecule has 2 aliphatic carbocycles. The molecule has 1 saturated carbocycles. The predicted molar refractivity (Wildman–Crippen MR) is 99.4 cm³/mol. The second-order valence-corrected chi connectivity index (χ2v) is 8.95. The van der Waals surface area contributed by atoms with E-state index in [0.29, 0.717) is 23.4 Å². The lowest BCUT2D eigenvalue weighted by Gasteiger charge is -2.56. The fourth-order valence-electron chi connectivity index (χ4n) is 5.45. The van der Waals surface area contributed by atoms with E-state index in [9.17, 15) is 5.11 Å². The number of fused-ring (bicyclic) bond motifs is 1. The van der Waals surface area contributed by atoms with Crippen molar-refractivity contribution < 1.29 is 9.84 Å². The first-order chi connectivity index (χ1) is 11.2. The molecule has 132 valence electrons. The van der Waals surface area contributed by atoms with Crippen molar-refractivity contribution in [3.8, 4) is 11.5 Å². The Bertz CT molecular complexity index is 623. The molecule has 3 rings (SSSR count). The Balaban J connectivity index is 1.83. The highest BCUT2D eigenvalue weighted by molar-refractivity contribution is 5.37. The molecule has 1 N–H and O–H groups in total. The van der Waals surface area contributed by atoms with E-state index in [1.807, 2.05) is 13.0 Å². The smallest absolute Gasteiger partial charge is 0.123 e. The first-order valence-corrected chi connectivity index (χ1v) is 9.32. The normalized spacial score (nSPS) is 32.0. The van der Waals surface area contributed by atoms with Crippen molar-refractivity contribution in [1.82, 2.24) is 0 Å². The number of phenols is 1. The van der Waals surface area contributed by atoms with Gasteiger partial charge in [0.1, 0.15) is 11.5 Å². The second kappa shape index (κ2) is 6.13. The largest absolute Gasteiger partial charge is 0.508 e. The third-order valence-corrected chi connectivity index (χ3v) is 6.75. The van der Waals surface area contributed by atoms with Crippen molar-refractivity contribution in [3.05, 3.63) is 35.4 Å². The van der Waals surface area contributed by atoms with Crippen LogP contribution in [-0.4, -0.2) is 11.7 Å². The van der Waals surface area contributed by atoms with Crippen molar-refractivity contribution in [2.75, 3.05) is 6.61 Å². The van der Waals surface area contributed by atoms with Crippen molar-refractivity contribution in [1.29, 1.82) is 0 Å². The molecular formula is C22H32O2. The third kappa shape index (κ3) is 3.08. The second-order valence-electron chi connectivity index (χ2n) is 8.95. The highest BCUT2D eigenvalue weighted by atomic mass is 16.5. The lowest BCUT2D eigenvalue weighted by molar-refractivity contribution is -0.0481. The van der Waals surface area contributed by atoms with Crippen LogP contribution >= 0.6 is 0 Å². The summed E-state index contributed by atoms with van der Waals surface area (Å²) >= 11 is 0. The van der Waals surface area contributed by atoms with Crippen molar-refractivity contribution in [3.63, 3.8) is 0 Å². The Morgan fingerprint density at radius 3 is 2.58 bits per heavy atom. The molecule has 2 nitrogen and oxygen atoms in total. The lowest BCUT2D eigenvalue weighted by atomic mass is 9.49. The number of ether oxygens (including phenoxy) is 1. The van der Waals surface area contributed by atoms with Gasteiger partial charge >= 0.3 is 0 Å². The van der Waals surface area contributed by atoms with Crippen LogP contribution in [0.1, 0.15) is 58.9 Å². The zero-order chi connectivity index (χ0) is 17.5. The zero-order valence-corrected chi connectivity index (χ0v) is 15.9. The summed E-state index contributed by atoms with van der Waals surface area (Å²) in [5, 5.41) is 9.80. The fraction of sp³-hybridized carbons (Fsp3) is 0.636. The first kappa shape index (κ1) is 17.4. The van der Waals surface area contributed by atoms with Crippen LogP contribution in [0.25, 0.3) is 0 Å². The van der Waals surface area contributed by atoms with E-state index in [1.165, 1.54) is 31.3 Å². The van der Waals surface area contributed by atoms with Gasteiger partial charge in [0.15, 0.2) is 0 Å². The van der Waals surface area contributed by atoms with Gasteiger partial charge in [0.2, 0.25) is 0 Å². The SMILES string of the molecule is CC1=CC[C@H]2C(C)(C)CCC[C@]2(C)[C@H]1COc1cc(C)cc(O)c1. The number of benzene rings is 1. The molecule has 0 heterocycles. The highest BCUT2D eigenvalue weighted by Gasteiger charge is 2.51. The predicted octanol–water partition coefficient (Wildman–Crippen LogP) is 5.88. The molecule has 1 aromatic carbocycles. The van der Waals surface area contributed by atoms with Gasteiger partial charge in [-0.1, -0.05) is 38.8 Å². The van der Waals surface area contributed by atoms with Crippen LogP contribution < -0.4 is 4.74 Å². The van der Waals surface area contributed by atoms with Crippen LogP contribution in [0.2, 0.25) is 0 Å². The van der Waals surface area contributed by atoms with Gasteiger partial charge in [0.25, 0.3) is 0 Å². The summed E-state index contributed by atoms with van der Waals surface area (Å²) in [5.74, 6) is 2.24. The molecule has 0 aliphatic heterocycles. The molecular weight excluding hydrogens is 296 g/mol. The van der Waals surface area contributed by atoms with Gasteiger partial charge in [0, 0.05) is 12.0 Å². The summed E-state index contributed by atoms with van der Waals surface area (Å²) < 4.78 is 6.16. The fourth-order valence-corrected chi connectivity index (χ4v) is 5.45. The van der Waals surface area contributed by atoms with Gasteiger partial charge in [-0.3, -0.25) is 0 Å². The summed E-state index contributed by atoms with van der Waals surface area (Å²) in [7, 11) is 0. The maximum absolute atomic E-state index is 9.80. The van der Waals surface area contributed by atoms with Gasteiger partial charge in [-0.2, -0.15) is 0 Å². The molecule has 0 amide bonds. The van der Waals surface area contributed by atoms with E-state index < -0.39 is 0 Å². The Kier molecular flexibility index (Phi) is 4.44. The number of rotatable bonds is 3. The van der Waals surface area contributed by atoms with E-state index in [0.717, 1.165) is 17.2 Å². The number of hydrogen-bond donors (Lipinski definition) is 1. The number of phenolic OH excluding ortho intramolecular Hbond substituents is 1. The molecule has 0 saturated heterocycles. The third-order valence-electron chi connectivity index (χ3n) is 6.75. The average molecular weight is 328 g/mol. The van der Waals surface area contributed by atoms with E-state index in [-0.39, 0.29) is 5.75 Å². The molecule has 0 aromatic heterocycles. The number of allylic oxidation sites excluding steroid dienone is 1. The van der Waals surface area contributed by atoms with E-state index >= 15 is 0 Å². The molecule has 0 unspecified atom stereocenters. The minimum Gasteiger partial charge on any atom is -0.508 e. The van der Waals surface area contributed by atoms with Gasteiger partial charge in [-0.25, -0.2) is 0 Å². The van der Waals surface area contributed by atoms with E-state index in [1.54, 1.807) is 12.1 Å². The number of hydrogen-bond acceptors (Lipinski definition) is 2. The molecule has 3 atom stereocenters. The van der Waals surface area contributed by atoms with E-state index in [4.69, 9.17) is 4.74 Å². The van der Waals surface area contributed by atoms with Crippen LogP contribution in [0.4, 0.5) is 0 Å². The average Bonchev–Trinajstić information content (AvgIpc) is 2.44. The minimum atomic E-state index is 0.281. The summed E-state index contributed by atoms with van der Waals surface area (Å²) in [6.45, 7) is 12.3. The molecule has 2 aliphatic rings. The lowest BCUT2D eigenvalue weighted by Crippen LogP contribution is -2.50. The summed E-state index contributed by atoms with van der Waals surface area (Å²) in [6, 6.07) is 5.49. The molecule has 0 radical (unpaired) electrons. The maximum Gasteiger partial charge on any atom is 0.123 e. The summed E-state index contributed by atoms with van der Waals surface area (Å²) in [4.78, 5) is 0. The van der Waals surface area contributed by atoms with Gasteiger partial charge in [-0.15, -0.1) is 0 Å². The summed E-state index contributed by atoms with van der Waals surface area (Å²) in [5.41, 5.74) is 3.23. The Morgan fingerprint density at radius 1 is 1.12 bits per heavy atom. The van der Waals surface area contributed by atoms with Crippen molar-refractivity contribution >= 4 is 0 Å². The Hall–Kier alpha value is -1.44. The Morgan fingerprint density at radius 2 is 1.88 bits per heavy atom. The van der Waals surface area contributed by atoms with Crippen LogP contribution in [0.3, 0.4) is 0 Å². The topological polar surface area (TPSA) is 29.5 Å². The van der Waals surface area contributed by atoms with Crippen LogP contribution in [0.15, 0.2) is 29.8 Å². The first-order valence-electron chi connectivity index (χ1n) is 9.32. The van der Waals surface area contributed by atoms with Gasteiger partial charge in [-0.05, 0) is 67.6 Å². The van der Waals surface area contributed by atoms with Crippen molar-refractivity contribution in [2.45, 2.75) is 60.3 Å². The Labute approximate surface area is 146 Å². The zero-order valence-electron chi connectivity index (χ0n) is 15.9.